The van der Waals surface area contributed by atoms with E-state index >= 15 is 0 Å². The molecule has 0 bridgehead atoms. The number of carbonyl (C=O) groups excluding carboxylic acids is 2. The van der Waals surface area contributed by atoms with Crippen LogP contribution in [0.3, 0.4) is 0 Å². The second-order valence-corrected chi connectivity index (χ2v) is 7.16. The fourth-order valence-corrected chi connectivity index (χ4v) is 2.96. The van der Waals surface area contributed by atoms with E-state index in [1.165, 1.54) is 7.11 Å². The molecule has 3 aromatic carbocycles. The highest BCUT2D eigenvalue weighted by Gasteiger charge is 2.24. The zero-order valence-corrected chi connectivity index (χ0v) is 17.5. The van der Waals surface area contributed by atoms with Gasteiger partial charge in [-0.2, -0.15) is 5.26 Å². The number of methoxy groups -OCH3 is 1. The molecule has 0 aromatic heterocycles. The minimum Gasteiger partial charge on any atom is -0.467 e. The van der Waals surface area contributed by atoms with E-state index < -0.39 is 17.9 Å². The molecule has 1 atom stereocenters. The summed E-state index contributed by atoms with van der Waals surface area (Å²) in [5, 5.41) is 11.6. The first-order valence-electron chi connectivity index (χ1n) is 8.92. The number of hydrogen-bond donors (Lipinski definition) is 1. The van der Waals surface area contributed by atoms with Crippen LogP contribution in [-0.2, 0) is 9.53 Å². The molecule has 0 heterocycles. The van der Waals surface area contributed by atoms with Crippen molar-refractivity contribution in [2.75, 3.05) is 7.11 Å². The molecule has 150 valence electrons. The standard InChI is InChI=1S/C23H17BrN2O4/c1-29-23(28)21(16-7-9-18(24)10-8-16)26-22(27)17-3-2-4-20(13-17)30-19-11-5-15(14-25)6-12-19/h2-13,21H,1H3,(H,26,27). The number of carbonyl (C=O) groups is 2. The van der Waals surface area contributed by atoms with Crippen molar-refractivity contribution in [2.24, 2.45) is 0 Å². The number of nitrogens with one attached hydrogen (secondary N) is 1. The Kier molecular flexibility index (Phi) is 6.83. The van der Waals surface area contributed by atoms with Crippen LogP contribution in [0.2, 0.25) is 0 Å². The van der Waals surface area contributed by atoms with Crippen molar-refractivity contribution in [1.29, 1.82) is 5.26 Å². The van der Waals surface area contributed by atoms with Crippen molar-refractivity contribution in [3.05, 3.63) is 94.0 Å². The molecule has 0 radical (unpaired) electrons. The smallest absolute Gasteiger partial charge is 0.333 e. The zero-order valence-electron chi connectivity index (χ0n) is 16.0. The normalized spacial score (nSPS) is 11.1. The Bertz CT molecular complexity index is 1090. The first-order valence-corrected chi connectivity index (χ1v) is 9.71. The van der Waals surface area contributed by atoms with Gasteiger partial charge in [0.05, 0.1) is 18.7 Å². The predicted octanol–water partition coefficient (Wildman–Crippen LogP) is 4.76. The van der Waals surface area contributed by atoms with Gasteiger partial charge in [-0.3, -0.25) is 4.79 Å². The average molecular weight is 465 g/mol. The van der Waals surface area contributed by atoms with Gasteiger partial charge in [0.25, 0.3) is 5.91 Å². The molecule has 1 unspecified atom stereocenters. The van der Waals surface area contributed by atoms with Gasteiger partial charge in [0.15, 0.2) is 6.04 Å². The lowest BCUT2D eigenvalue weighted by atomic mass is 10.1. The Labute approximate surface area is 182 Å². The van der Waals surface area contributed by atoms with Crippen molar-refractivity contribution in [3.8, 4) is 17.6 Å². The summed E-state index contributed by atoms with van der Waals surface area (Å²) in [5.41, 5.74) is 1.45. The van der Waals surface area contributed by atoms with Crippen LogP contribution in [0.5, 0.6) is 11.5 Å². The van der Waals surface area contributed by atoms with Gasteiger partial charge in [-0.1, -0.05) is 34.1 Å². The topological polar surface area (TPSA) is 88.4 Å². The largest absolute Gasteiger partial charge is 0.467 e. The lowest BCUT2D eigenvalue weighted by Gasteiger charge is -2.17. The number of rotatable bonds is 6. The van der Waals surface area contributed by atoms with Crippen LogP contribution in [0.1, 0.15) is 27.5 Å². The van der Waals surface area contributed by atoms with Gasteiger partial charge in [-0.15, -0.1) is 0 Å². The van der Waals surface area contributed by atoms with Gasteiger partial charge in [0, 0.05) is 10.0 Å². The SMILES string of the molecule is COC(=O)C(NC(=O)c1cccc(Oc2ccc(C#N)cc2)c1)c1ccc(Br)cc1. The van der Waals surface area contributed by atoms with Crippen molar-refractivity contribution >= 4 is 27.8 Å². The molecular weight excluding hydrogens is 448 g/mol. The number of hydrogen-bond acceptors (Lipinski definition) is 5. The van der Waals surface area contributed by atoms with Crippen LogP contribution < -0.4 is 10.1 Å². The number of nitriles is 1. The predicted molar refractivity (Wildman–Crippen MR) is 114 cm³/mol. The fourth-order valence-electron chi connectivity index (χ4n) is 2.70. The number of nitrogens with zero attached hydrogens (tertiary/aromatic N) is 1. The molecule has 1 N–H and O–H groups in total. The molecule has 0 aliphatic heterocycles. The second kappa shape index (κ2) is 9.72. The van der Waals surface area contributed by atoms with Crippen LogP contribution in [0.25, 0.3) is 0 Å². The zero-order chi connectivity index (χ0) is 21.5. The van der Waals surface area contributed by atoms with E-state index in [-0.39, 0.29) is 0 Å². The maximum atomic E-state index is 12.8. The summed E-state index contributed by atoms with van der Waals surface area (Å²) in [4.78, 5) is 25.0. The Morgan fingerprint density at radius 2 is 1.70 bits per heavy atom. The molecule has 0 saturated heterocycles. The Morgan fingerprint density at radius 3 is 2.33 bits per heavy atom. The summed E-state index contributed by atoms with van der Waals surface area (Å²) >= 11 is 3.35. The summed E-state index contributed by atoms with van der Waals surface area (Å²) in [5.74, 6) is -0.0336. The molecule has 7 heteroatoms. The quantitative estimate of drug-likeness (QED) is 0.531. The maximum absolute atomic E-state index is 12.8. The molecule has 0 fully saturated rings. The van der Waals surface area contributed by atoms with Crippen molar-refractivity contribution < 1.29 is 19.1 Å². The molecule has 6 nitrogen and oxygen atoms in total. The highest BCUT2D eigenvalue weighted by molar-refractivity contribution is 9.10. The van der Waals surface area contributed by atoms with Gasteiger partial charge in [0.1, 0.15) is 11.5 Å². The molecule has 0 spiro atoms. The Morgan fingerprint density at radius 1 is 1.00 bits per heavy atom. The summed E-state index contributed by atoms with van der Waals surface area (Å²) < 4.78 is 11.5. The first kappa shape index (κ1) is 21.1. The van der Waals surface area contributed by atoms with E-state index in [9.17, 15) is 9.59 Å². The number of benzene rings is 3. The molecule has 3 aromatic rings. The van der Waals surface area contributed by atoms with E-state index in [2.05, 4.69) is 21.2 Å². The van der Waals surface area contributed by atoms with Gasteiger partial charge >= 0.3 is 5.97 Å². The fraction of sp³-hybridized carbons (Fsp3) is 0.0870. The number of esters is 1. The highest BCUT2D eigenvalue weighted by atomic mass is 79.9. The van der Waals surface area contributed by atoms with Gasteiger partial charge in [0.2, 0.25) is 0 Å². The van der Waals surface area contributed by atoms with E-state index in [1.807, 2.05) is 6.07 Å². The third-order valence-electron chi connectivity index (χ3n) is 4.23. The first-order chi connectivity index (χ1) is 14.5. The number of ether oxygens (including phenoxy) is 2. The van der Waals surface area contributed by atoms with Gasteiger partial charge in [-0.05, 0) is 60.2 Å². The van der Waals surface area contributed by atoms with Crippen LogP contribution >= 0.6 is 15.9 Å². The summed E-state index contributed by atoms with van der Waals surface area (Å²) in [6, 6.07) is 21.3. The minimum absolute atomic E-state index is 0.326. The summed E-state index contributed by atoms with van der Waals surface area (Å²) in [6.07, 6.45) is 0. The molecular formula is C23H17BrN2O4. The van der Waals surface area contributed by atoms with E-state index in [1.54, 1.807) is 72.8 Å². The monoisotopic (exact) mass is 464 g/mol. The summed E-state index contributed by atoms with van der Waals surface area (Å²) in [7, 11) is 1.27. The lowest BCUT2D eigenvalue weighted by Crippen LogP contribution is -2.34. The van der Waals surface area contributed by atoms with Crippen LogP contribution in [0, 0.1) is 11.3 Å². The molecule has 0 saturated carbocycles. The van der Waals surface area contributed by atoms with E-state index in [0.717, 1.165) is 4.47 Å². The molecule has 1 amide bonds. The highest BCUT2D eigenvalue weighted by Crippen LogP contribution is 2.24. The molecule has 30 heavy (non-hydrogen) atoms. The summed E-state index contributed by atoms with van der Waals surface area (Å²) in [6.45, 7) is 0. The maximum Gasteiger partial charge on any atom is 0.333 e. The third-order valence-corrected chi connectivity index (χ3v) is 4.76. The third kappa shape index (κ3) is 5.25. The Balaban J connectivity index is 1.78. The van der Waals surface area contributed by atoms with Crippen LogP contribution in [0.15, 0.2) is 77.3 Å². The van der Waals surface area contributed by atoms with Crippen molar-refractivity contribution in [3.63, 3.8) is 0 Å². The molecule has 0 aliphatic rings. The van der Waals surface area contributed by atoms with Crippen molar-refractivity contribution in [2.45, 2.75) is 6.04 Å². The lowest BCUT2D eigenvalue weighted by molar-refractivity contribution is -0.143. The van der Waals surface area contributed by atoms with Crippen LogP contribution in [-0.4, -0.2) is 19.0 Å². The molecule has 3 rings (SSSR count). The average Bonchev–Trinajstić information content (AvgIpc) is 2.78. The molecule has 0 aliphatic carbocycles. The second-order valence-electron chi connectivity index (χ2n) is 6.25. The van der Waals surface area contributed by atoms with Crippen molar-refractivity contribution in [1.82, 2.24) is 5.32 Å². The van der Waals surface area contributed by atoms with Crippen LogP contribution in [0.4, 0.5) is 0 Å². The number of amides is 1. The Hall–Kier alpha value is -3.63. The van der Waals surface area contributed by atoms with Gasteiger partial charge < -0.3 is 14.8 Å². The van der Waals surface area contributed by atoms with Gasteiger partial charge in [-0.25, -0.2) is 4.79 Å². The minimum atomic E-state index is -0.946. The van der Waals surface area contributed by atoms with E-state index in [0.29, 0.717) is 28.2 Å². The van der Waals surface area contributed by atoms with E-state index in [4.69, 9.17) is 14.7 Å². The number of halogens is 1.